The van der Waals surface area contributed by atoms with Gasteiger partial charge in [-0.25, -0.2) is 4.79 Å². The van der Waals surface area contributed by atoms with Gasteiger partial charge in [0, 0.05) is 23.1 Å². The molecule has 1 amide bonds. The number of aryl methyl sites for hydroxylation is 1. The highest BCUT2D eigenvalue weighted by Gasteiger charge is 2.45. The summed E-state index contributed by atoms with van der Waals surface area (Å²) >= 11 is 17.5. The van der Waals surface area contributed by atoms with E-state index < -0.39 is 9.89 Å². The van der Waals surface area contributed by atoms with E-state index in [9.17, 15) is 4.79 Å². The van der Waals surface area contributed by atoms with Gasteiger partial charge in [-0.2, -0.15) is 0 Å². The van der Waals surface area contributed by atoms with E-state index in [0.29, 0.717) is 12.5 Å². The number of hydrogen-bond donors (Lipinski definition) is 1. The van der Waals surface area contributed by atoms with Gasteiger partial charge in [0.15, 0.2) is 0 Å². The summed E-state index contributed by atoms with van der Waals surface area (Å²) in [6.45, 7) is 2.40. The summed E-state index contributed by atoms with van der Waals surface area (Å²) in [5.41, 5.74) is 6.11. The molecule has 0 spiro atoms. The second-order valence-corrected chi connectivity index (χ2v) is 11.9. The van der Waals surface area contributed by atoms with Crippen LogP contribution in [0, 0.1) is 18.8 Å². The number of methoxy groups -OCH3 is 1. The van der Waals surface area contributed by atoms with E-state index in [0.717, 1.165) is 30.6 Å². The molecule has 3 unspecified atom stereocenters. The van der Waals surface area contributed by atoms with Crippen LogP contribution >= 0.6 is 34.8 Å². The zero-order valence-electron chi connectivity index (χ0n) is 19.1. The minimum atomic E-state index is -1.65. The van der Waals surface area contributed by atoms with Crippen LogP contribution in [0.5, 0.6) is 5.75 Å². The van der Waals surface area contributed by atoms with Gasteiger partial charge in [0.05, 0.1) is 13.2 Å². The molecule has 3 atom stereocenters. The molecular formula is C26H27Cl3N2O3. The quantitative estimate of drug-likeness (QED) is 0.387. The first-order chi connectivity index (χ1) is 16.2. The van der Waals surface area contributed by atoms with E-state index in [2.05, 4.69) is 36.2 Å². The van der Waals surface area contributed by atoms with Crippen molar-refractivity contribution in [2.24, 2.45) is 11.8 Å². The minimum absolute atomic E-state index is 0.166. The number of halogens is 3. The third-order valence-electron chi connectivity index (χ3n) is 7.17. The van der Waals surface area contributed by atoms with Gasteiger partial charge in [0.25, 0.3) is 0 Å². The molecule has 1 aliphatic carbocycles. The molecule has 1 fully saturated rings. The molecule has 1 saturated heterocycles. The maximum atomic E-state index is 13.2. The van der Waals surface area contributed by atoms with Crippen molar-refractivity contribution < 1.29 is 14.3 Å². The molecule has 1 aliphatic heterocycles. The number of hydrogen-bond acceptors (Lipinski definition) is 3. The van der Waals surface area contributed by atoms with Crippen molar-refractivity contribution in [1.82, 2.24) is 9.88 Å². The van der Waals surface area contributed by atoms with Crippen LogP contribution in [0.15, 0.2) is 42.5 Å². The number of carbonyl (C=O) groups excluding carboxylic acids is 1. The smallest absolute Gasteiger partial charge is 0.410 e. The predicted octanol–water partition coefficient (Wildman–Crippen LogP) is 6.77. The van der Waals surface area contributed by atoms with Crippen molar-refractivity contribution in [3.8, 4) is 5.75 Å². The lowest BCUT2D eigenvalue weighted by Gasteiger charge is -2.47. The lowest BCUT2D eigenvalue weighted by Crippen LogP contribution is -2.49. The molecule has 180 valence electrons. The lowest BCUT2D eigenvalue weighted by molar-refractivity contribution is 0.0262. The number of H-pyrrole nitrogens is 1. The van der Waals surface area contributed by atoms with Crippen molar-refractivity contribution in [2.75, 3.05) is 20.3 Å². The molecule has 2 heterocycles. The Labute approximate surface area is 214 Å². The molecule has 1 aromatic heterocycles. The summed E-state index contributed by atoms with van der Waals surface area (Å²) in [5.74, 6) is 1.43. The highest BCUT2D eigenvalue weighted by molar-refractivity contribution is 6.67. The number of nitrogens with zero attached hydrogens (tertiary/aromatic N) is 1. The fourth-order valence-corrected chi connectivity index (χ4v) is 5.86. The van der Waals surface area contributed by atoms with Crippen LogP contribution < -0.4 is 4.74 Å². The van der Waals surface area contributed by atoms with Gasteiger partial charge in [0.2, 0.25) is 3.79 Å². The molecule has 1 N–H and O–H groups in total. The van der Waals surface area contributed by atoms with Gasteiger partial charge in [0.1, 0.15) is 12.4 Å². The van der Waals surface area contributed by atoms with Crippen LogP contribution in [0.4, 0.5) is 4.79 Å². The van der Waals surface area contributed by atoms with Crippen LogP contribution in [0.25, 0.3) is 10.9 Å². The van der Waals surface area contributed by atoms with E-state index in [1.807, 2.05) is 18.2 Å². The minimum Gasteiger partial charge on any atom is -0.497 e. The average molecular weight is 522 g/mol. The van der Waals surface area contributed by atoms with Crippen molar-refractivity contribution in [3.63, 3.8) is 0 Å². The number of ether oxygens (including phenoxy) is 2. The summed E-state index contributed by atoms with van der Waals surface area (Å²) < 4.78 is 9.26. The number of rotatable bonds is 3. The fourth-order valence-electron chi connectivity index (χ4n) is 5.69. The summed E-state index contributed by atoms with van der Waals surface area (Å²) in [5, 5.41) is 1.26. The van der Waals surface area contributed by atoms with E-state index >= 15 is 0 Å². The number of likely N-dealkylation sites (tertiary alicyclic amines) is 1. The molecule has 2 aromatic carbocycles. The van der Waals surface area contributed by atoms with Gasteiger partial charge in [-0.3, -0.25) is 0 Å². The summed E-state index contributed by atoms with van der Waals surface area (Å²) in [6.07, 6.45) is 2.27. The molecule has 0 bridgehead atoms. The first kappa shape index (κ1) is 23.7. The SMILES string of the molecule is COc1cccc(C2C3Cc4c([nH]c5cc(C)ccc45)CC3CCN2C(=O)OCC(Cl)(Cl)Cl)c1. The molecule has 8 heteroatoms. The second kappa shape index (κ2) is 9.18. The third kappa shape index (κ3) is 4.58. The molecule has 5 rings (SSSR count). The third-order valence-corrected chi connectivity index (χ3v) is 7.50. The first-order valence-electron chi connectivity index (χ1n) is 11.5. The molecule has 0 saturated carbocycles. The number of alkyl halides is 3. The summed E-state index contributed by atoms with van der Waals surface area (Å²) in [6, 6.07) is 14.3. The van der Waals surface area contributed by atoms with Crippen molar-refractivity contribution in [3.05, 3.63) is 64.8 Å². The topological polar surface area (TPSA) is 54.6 Å². The van der Waals surface area contributed by atoms with E-state index in [4.69, 9.17) is 44.3 Å². The number of fused-ring (bicyclic) bond motifs is 4. The Morgan fingerprint density at radius 2 is 2.00 bits per heavy atom. The number of amides is 1. The molecule has 3 aromatic rings. The van der Waals surface area contributed by atoms with Crippen LogP contribution in [0.1, 0.15) is 34.8 Å². The second-order valence-electron chi connectivity index (χ2n) is 9.34. The van der Waals surface area contributed by atoms with E-state index in [1.54, 1.807) is 12.0 Å². The Hall–Kier alpha value is -2.08. The van der Waals surface area contributed by atoms with Crippen LogP contribution in [-0.4, -0.2) is 40.0 Å². The Morgan fingerprint density at radius 3 is 2.76 bits per heavy atom. The van der Waals surface area contributed by atoms with Crippen LogP contribution in [0.3, 0.4) is 0 Å². The van der Waals surface area contributed by atoms with Gasteiger partial charge >= 0.3 is 6.09 Å². The normalized spacial score (nSPS) is 22.3. The number of piperidine rings is 1. The standard InChI is InChI=1S/C26H27Cl3N2O3/c1-15-6-7-19-21-13-20-16(12-23(21)30-22(19)10-15)8-9-31(25(32)34-14-26(27,28)29)24(20)17-4-3-5-18(11-17)33-2/h3-7,10-11,16,20,24,30H,8-9,12-14H2,1-2H3. The first-order valence-corrected chi connectivity index (χ1v) is 12.6. The summed E-state index contributed by atoms with van der Waals surface area (Å²) in [7, 11) is 1.65. The number of carbonyl (C=O) groups is 1. The van der Waals surface area contributed by atoms with E-state index in [-0.39, 0.29) is 18.6 Å². The number of aromatic amines is 1. The molecular weight excluding hydrogens is 495 g/mol. The van der Waals surface area contributed by atoms with Crippen molar-refractivity contribution >= 4 is 51.8 Å². The van der Waals surface area contributed by atoms with E-state index in [1.165, 1.54) is 27.7 Å². The highest BCUT2D eigenvalue weighted by Crippen LogP contribution is 2.48. The summed E-state index contributed by atoms with van der Waals surface area (Å²) in [4.78, 5) is 18.7. The molecule has 0 radical (unpaired) electrons. The zero-order valence-corrected chi connectivity index (χ0v) is 21.4. The number of aromatic nitrogens is 1. The molecule has 2 aliphatic rings. The van der Waals surface area contributed by atoms with Gasteiger partial charge in [-0.15, -0.1) is 0 Å². The number of benzene rings is 2. The predicted molar refractivity (Wildman–Crippen MR) is 136 cm³/mol. The Balaban J connectivity index is 1.53. The Kier molecular flexibility index (Phi) is 6.38. The maximum absolute atomic E-state index is 13.2. The largest absolute Gasteiger partial charge is 0.497 e. The van der Waals surface area contributed by atoms with Gasteiger partial charge < -0.3 is 19.4 Å². The molecule has 5 nitrogen and oxygen atoms in total. The highest BCUT2D eigenvalue weighted by atomic mass is 35.6. The van der Waals surface area contributed by atoms with Crippen LogP contribution in [-0.2, 0) is 17.6 Å². The average Bonchev–Trinajstić information content (AvgIpc) is 3.16. The van der Waals surface area contributed by atoms with Gasteiger partial charge in [-0.1, -0.05) is 59.1 Å². The Morgan fingerprint density at radius 1 is 1.18 bits per heavy atom. The zero-order chi connectivity index (χ0) is 24.0. The monoisotopic (exact) mass is 520 g/mol. The maximum Gasteiger partial charge on any atom is 0.410 e. The fraction of sp³-hybridized carbons (Fsp3) is 0.423. The van der Waals surface area contributed by atoms with Crippen molar-refractivity contribution in [2.45, 2.75) is 36.0 Å². The number of nitrogens with one attached hydrogen (secondary N) is 1. The molecule has 34 heavy (non-hydrogen) atoms. The Bertz CT molecular complexity index is 1220. The van der Waals surface area contributed by atoms with Crippen LogP contribution in [0.2, 0.25) is 0 Å². The van der Waals surface area contributed by atoms with Crippen molar-refractivity contribution in [1.29, 1.82) is 0 Å². The van der Waals surface area contributed by atoms with Gasteiger partial charge in [-0.05, 0) is 72.9 Å². The lowest BCUT2D eigenvalue weighted by atomic mass is 9.68.